The lowest BCUT2D eigenvalue weighted by atomic mass is 9.95. The molecule has 0 atom stereocenters. The summed E-state index contributed by atoms with van der Waals surface area (Å²) >= 11 is 0. The second kappa shape index (κ2) is 4.82. The molecule has 0 aliphatic heterocycles. The molecule has 2 heterocycles. The van der Waals surface area contributed by atoms with Crippen molar-refractivity contribution in [2.45, 2.75) is 38.1 Å². The number of nitrogens with zero attached hydrogens (tertiary/aromatic N) is 2. The van der Waals surface area contributed by atoms with Gasteiger partial charge in [-0.2, -0.15) is 0 Å². The monoisotopic (exact) mass is 265 g/mol. The van der Waals surface area contributed by atoms with E-state index in [9.17, 15) is 0 Å². The topological polar surface area (TPSA) is 33.6 Å². The Hall–Kier alpha value is -2.03. The van der Waals surface area contributed by atoms with Crippen LogP contribution >= 0.6 is 0 Å². The lowest BCUT2D eigenvalue weighted by molar-refractivity contribution is 0.355. The van der Waals surface area contributed by atoms with Crippen LogP contribution in [0.3, 0.4) is 0 Å². The summed E-state index contributed by atoms with van der Waals surface area (Å²) in [6.07, 6.45) is 12.8. The Kier molecular flexibility index (Phi) is 2.84. The van der Waals surface area contributed by atoms with Crippen molar-refractivity contribution < 1.29 is 0 Å². The van der Waals surface area contributed by atoms with Crippen molar-refractivity contribution in [3.8, 4) is 11.3 Å². The van der Waals surface area contributed by atoms with Crippen molar-refractivity contribution in [3.63, 3.8) is 0 Å². The number of rotatable bonds is 2. The number of aromatic nitrogens is 3. The first-order chi connectivity index (χ1) is 9.93. The minimum absolute atomic E-state index is 0.620. The van der Waals surface area contributed by atoms with Crippen LogP contribution in [0.15, 0.2) is 43.0 Å². The Morgan fingerprint density at radius 3 is 2.85 bits per heavy atom. The van der Waals surface area contributed by atoms with Gasteiger partial charge in [0.2, 0.25) is 0 Å². The van der Waals surface area contributed by atoms with Crippen LogP contribution in [0.25, 0.3) is 22.2 Å². The normalized spacial score (nSPS) is 16.8. The molecule has 4 rings (SSSR count). The van der Waals surface area contributed by atoms with Gasteiger partial charge in [-0.05, 0) is 18.9 Å². The molecule has 102 valence electrons. The number of hydrogen-bond donors (Lipinski definition) is 1. The highest BCUT2D eigenvalue weighted by Gasteiger charge is 2.19. The average Bonchev–Trinajstić information content (AvgIpc) is 3.14. The zero-order valence-corrected chi connectivity index (χ0v) is 11.5. The number of hydrogen-bond acceptors (Lipinski definition) is 1. The third-order valence-electron chi connectivity index (χ3n) is 4.50. The molecule has 0 radical (unpaired) electrons. The summed E-state index contributed by atoms with van der Waals surface area (Å²) in [6, 6.07) is 9.09. The molecule has 1 saturated carbocycles. The third-order valence-corrected chi connectivity index (χ3v) is 4.50. The molecule has 2 aromatic heterocycles. The van der Waals surface area contributed by atoms with E-state index in [1.807, 2.05) is 12.5 Å². The van der Waals surface area contributed by atoms with Gasteiger partial charge in [-0.25, -0.2) is 4.98 Å². The molecule has 1 aliphatic rings. The minimum atomic E-state index is 0.620. The van der Waals surface area contributed by atoms with Gasteiger partial charge in [-0.15, -0.1) is 0 Å². The van der Waals surface area contributed by atoms with E-state index in [1.165, 1.54) is 54.3 Å². The number of benzene rings is 1. The Morgan fingerprint density at radius 1 is 1.10 bits per heavy atom. The van der Waals surface area contributed by atoms with Crippen molar-refractivity contribution in [2.24, 2.45) is 0 Å². The molecule has 1 N–H and O–H groups in total. The molecular weight excluding hydrogens is 246 g/mol. The number of aromatic amines is 1. The first-order valence-corrected chi connectivity index (χ1v) is 7.52. The van der Waals surface area contributed by atoms with Gasteiger partial charge < -0.3 is 9.55 Å². The van der Waals surface area contributed by atoms with E-state index in [1.54, 1.807) is 0 Å². The highest BCUT2D eigenvalue weighted by Crippen LogP contribution is 2.34. The van der Waals surface area contributed by atoms with E-state index >= 15 is 0 Å². The molecule has 0 bridgehead atoms. The highest BCUT2D eigenvalue weighted by atomic mass is 15.1. The number of fused-ring (bicyclic) bond motifs is 1. The fraction of sp³-hybridized carbons (Fsp3) is 0.353. The van der Waals surface area contributed by atoms with Crippen LogP contribution in [0.4, 0.5) is 0 Å². The Balaban J connectivity index is 1.81. The Morgan fingerprint density at radius 2 is 1.95 bits per heavy atom. The van der Waals surface area contributed by atoms with Crippen molar-refractivity contribution in [3.05, 3.63) is 43.0 Å². The average molecular weight is 265 g/mol. The zero-order chi connectivity index (χ0) is 13.4. The van der Waals surface area contributed by atoms with Crippen molar-refractivity contribution >= 4 is 10.9 Å². The number of H-pyrrole nitrogens is 1. The van der Waals surface area contributed by atoms with Crippen LogP contribution in [-0.4, -0.2) is 14.5 Å². The summed E-state index contributed by atoms with van der Waals surface area (Å²) in [5.41, 5.74) is 3.71. The van der Waals surface area contributed by atoms with Gasteiger partial charge in [0.25, 0.3) is 0 Å². The zero-order valence-electron chi connectivity index (χ0n) is 11.5. The number of para-hydroxylation sites is 1. The molecule has 1 aromatic carbocycles. The Bertz CT molecular complexity index is 717. The number of nitrogens with one attached hydrogen (secondary N) is 1. The van der Waals surface area contributed by atoms with Crippen LogP contribution in [0.2, 0.25) is 0 Å². The van der Waals surface area contributed by atoms with E-state index in [-0.39, 0.29) is 0 Å². The van der Waals surface area contributed by atoms with E-state index in [0.717, 1.165) is 0 Å². The fourth-order valence-corrected chi connectivity index (χ4v) is 3.45. The molecule has 0 unspecified atom stereocenters. The first-order valence-electron chi connectivity index (χ1n) is 7.52. The van der Waals surface area contributed by atoms with Crippen molar-refractivity contribution in [1.29, 1.82) is 0 Å². The molecule has 3 aromatic rings. The van der Waals surface area contributed by atoms with Gasteiger partial charge in [-0.1, -0.05) is 37.5 Å². The van der Waals surface area contributed by atoms with Crippen molar-refractivity contribution in [2.75, 3.05) is 0 Å². The molecule has 20 heavy (non-hydrogen) atoms. The number of imidazole rings is 1. The second-order valence-electron chi connectivity index (χ2n) is 5.73. The lowest BCUT2D eigenvalue weighted by Gasteiger charge is -2.24. The molecular formula is C17H19N3. The standard InChI is InChI=1S/C17H19N3/c1-2-6-13(7-3-1)20-12-18-11-17(20)15-10-19-16-9-5-4-8-14(15)16/h4-5,8-13,19H,1-3,6-7H2. The maximum Gasteiger partial charge on any atom is 0.0953 e. The maximum atomic E-state index is 4.41. The molecule has 3 nitrogen and oxygen atoms in total. The van der Waals surface area contributed by atoms with Crippen LogP contribution < -0.4 is 0 Å². The molecule has 0 amide bonds. The third kappa shape index (κ3) is 1.85. The molecule has 1 fully saturated rings. The van der Waals surface area contributed by atoms with E-state index < -0.39 is 0 Å². The highest BCUT2D eigenvalue weighted by molar-refractivity contribution is 5.94. The molecule has 1 aliphatic carbocycles. The summed E-state index contributed by atoms with van der Waals surface area (Å²) in [5, 5.41) is 1.28. The lowest BCUT2D eigenvalue weighted by Crippen LogP contribution is -2.12. The summed E-state index contributed by atoms with van der Waals surface area (Å²) in [6.45, 7) is 0. The second-order valence-corrected chi connectivity index (χ2v) is 5.73. The van der Waals surface area contributed by atoms with Gasteiger partial charge in [0, 0.05) is 28.7 Å². The van der Waals surface area contributed by atoms with Gasteiger partial charge in [0.05, 0.1) is 18.2 Å². The Labute approximate surface area is 118 Å². The quantitative estimate of drug-likeness (QED) is 0.725. The summed E-state index contributed by atoms with van der Waals surface area (Å²) in [5.74, 6) is 0. The molecule has 0 spiro atoms. The van der Waals surface area contributed by atoms with Crippen LogP contribution in [0, 0.1) is 0 Å². The van der Waals surface area contributed by atoms with E-state index in [4.69, 9.17) is 0 Å². The summed E-state index contributed by atoms with van der Waals surface area (Å²) < 4.78 is 2.38. The van der Waals surface area contributed by atoms with Gasteiger partial charge >= 0.3 is 0 Å². The van der Waals surface area contributed by atoms with Gasteiger partial charge in [-0.3, -0.25) is 0 Å². The molecule has 0 saturated heterocycles. The minimum Gasteiger partial charge on any atom is -0.360 e. The predicted molar refractivity (Wildman–Crippen MR) is 81.6 cm³/mol. The summed E-state index contributed by atoms with van der Waals surface area (Å²) in [7, 11) is 0. The van der Waals surface area contributed by atoms with Gasteiger partial charge in [0.1, 0.15) is 0 Å². The maximum absolute atomic E-state index is 4.41. The van der Waals surface area contributed by atoms with E-state index in [2.05, 4.69) is 45.0 Å². The summed E-state index contributed by atoms with van der Waals surface area (Å²) in [4.78, 5) is 7.77. The van der Waals surface area contributed by atoms with E-state index in [0.29, 0.717) is 6.04 Å². The molecule has 3 heteroatoms. The smallest absolute Gasteiger partial charge is 0.0953 e. The first kappa shape index (κ1) is 11.8. The van der Waals surface area contributed by atoms with Crippen LogP contribution in [0.1, 0.15) is 38.1 Å². The predicted octanol–water partition coefficient (Wildman–Crippen LogP) is 4.54. The van der Waals surface area contributed by atoms with Crippen LogP contribution in [0.5, 0.6) is 0 Å². The largest absolute Gasteiger partial charge is 0.360 e. The van der Waals surface area contributed by atoms with Crippen molar-refractivity contribution in [1.82, 2.24) is 14.5 Å². The van der Waals surface area contributed by atoms with Crippen LogP contribution in [-0.2, 0) is 0 Å². The fourth-order valence-electron chi connectivity index (χ4n) is 3.45. The SMILES string of the molecule is c1ccc2c(-c3cncn3C3CCCCC3)c[nH]c2c1. The van der Waals surface area contributed by atoms with Gasteiger partial charge in [0.15, 0.2) is 0 Å².